The summed E-state index contributed by atoms with van der Waals surface area (Å²) in [5.41, 5.74) is 3.84. The zero-order valence-corrected chi connectivity index (χ0v) is 9.48. The first kappa shape index (κ1) is 12.6. The highest BCUT2D eigenvalue weighted by atomic mass is 16.1. The Morgan fingerprint density at radius 1 is 0.929 bits per heavy atom. The summed E-state index contributed by atoms with van der Waals surface area (Å²) >= 11 is 0. The number of carbonyl (C=O) groups is 1. The van der Waals surface area contributed by atoms with Crippen LogP contribution in [0.4, 0.5) is 0 Å². The molecule has 0 rings (SSSR count). The Bertz CT molecular complexity index is 295. The average molecular weight is 190 g/mol. The fraction of sp³-hybridized carbons (Fsp3) is 0.308. The van der Waals surface area contributed by atoms with E-state index in [1.165, 1.54) is 6.92 Å². The predicted octanol–water partition coefficient (Wildman–Crippen LogP) is 3.60. The summed E-state index contributed by atoms with van der Waals surface area (Å²) < 4.78 is 0. The van der Waals surface area contributed by atoms with Crippen LogP contribution in [-0.2, 0) is 4.79 Å². The Hall–Kier alpha value is -1.37. The van der Waals surface area contributed by atoms with Crippen molar-refractivity contribution < 1.29 is 4.79 Å². The number of hydrogen-bond acceptors (Lipinski definition) is 1. The average Bonchev–Trinajstić information content (AvgIpc) is 2.00. The molecule has 0 aromatic rings. The highest BCUT2D eigenvalue weighted by molar-refractivity contribution is 5.88. The van der Waals surface area contributed by atoms with Crippen molar-refractivity contribution in [1.82, 2.24) is 0 Å². The molecule has 0 heterocycles. The third-order valence-electron chi connectivity index (χ3n) is 1.83. The van der Waals surface area contributed by atoms with Crippen molar-refractivity contribution in [3.05, 3.63) is 47.6 Å². The van der Waals surface area contributed by atoms with E-state index in [-0.39, 0.29) is 5.78 Å². The first-order chi connectivity index (χ1) is 6.34. The molecule has 1 nitrogen and oxygen atoms in total. The lowest BCUT2D eigenvalue weighted by molar-refractivity contribution is -0.112. The Balaban J connectivity index is 4.80. The lowest BCUT2D eigenvalue weighted by Gasteiger charge is -2.06. The molecule has 14 heavy (non-hydrogen) atoms. The van der Waals surface area contributed by atoms with Crippen molar-refractivity contribution >= 4 is 5.78 Å². The van der Waals surface area contributed by atoms with Gasteiger partial charge in [0.15, 0.2) is 5.78 Å². The van der Waals surface area contributed by atoms with E-state index in [1.54, 1.807) is 6.08 Å². The van der Waals surface area contributed by atoms with Gasteiger partial charge in [0, 0.05) is 0 Å². The van der Waals surface area contributed by atoms with Crippen LogP contribution in [0.1, 0.15) is 27.7 Å². The number of carbonyl (C=O) groups excluding carboxylic acids is 1. The second-order valence-electron chi connectivity index (χ2n) is 3.59. The van der Waals surface area contributed by atoms with Crippen LogP contribution in [0, 0.1) is 0 Å². The summed E-state index contributed by atoms with van der Waals surface area (Å²) in [5, 5.41) is 0. The molecule has 0 aliphatic carbocycles. The van der Waals surface area contributed by atoms with Crippen LogP contribution < -0.4 is 0 Å². The van der Waals surface area contributed by atoms with Crippen molar-refractivity contribution in [2.24, 2.45) is 0 Å². The predicted molar refractivity (Wildman–Crippen MR) is 62.1 cm³/mol. The molecule has 76 valence electrons. The summed E-state index contributed by atoms with van der Waals surface area (Å²) in [6.07, 6.45) is 3.55. The third-order valence-corrected chi connectivity index (χ3v) is 1.83. The Morgan fingerprint density at radius 2 is 1.36 bits per heavy atom. The summed E-state index contributed by atoms with van der Waals surface area (Å²) in [6, 6.07) is 0. The van der Waals surface area contributed by atoms with Gasteiger partial charge in [0.2, 0.25) is 0 Å². The molecule has 0 radical (unpaired) electrons. The van der Waals surface area contributed by atoms with E-state index < -0.39 is 0 Å². The van der Waals surface area contributed by atoms with Crippen LogP contribution in [0.2, 0.25) is 0 Å². The molecular weight excluding hydrogens is 172 g/mol. The van der Waals surface area contributed by atoms with E-state index in [4.69, 9.17) is 0 Å². The van der Waals surface area contributed by atoms with Crippen molar-refractivity contribution in [1.29, 1.82) is 0 Å². The largest absolute Gasteiger partial charge is 0.295 e. The smallest absolute Gasteiger partial charge is 0.152 e. The second-order valence-corrected chi connectivity index (χ2v) is 3.59. The lowest BCUT2D eigenvalue weighted by atomic mass is 9.99. The molecule has 0 aliphatic heterocycles. The maximum Gasteiger partial charge on any atom is 0.152 e. The van der Waals surface area contributed by atoms with Gasteiger partial charge in [-0.3, -0.25) is 4.79 Å². The molecule has 0 saturated carbocycles. The monoisotopic (exact) mass is 190 g/mol. The van der Waals surface area contributed by atoms with Crippen molar-refractivity contribution in [3.63, 3.8) is 0 Å². The Kier molecular flexibility index (Phi) is 4.85. The minimum atomic E-state index is 0.0479. The molecule has 0 fully saturated rings. The quantitative estimate of drug-likeness (QED) is 0.489. The molecule has 0 unspecified atom stereocenters. The first-order valence-corrected chi connectivity index (χ1v) is 4.57. The summed E-state index contributed by atoms with van der Waals surface area (Å²) in [4.78, 5) is 10.8. The van der Waals surface area contributed by atoms with Gasteiger partial charge in [-0.25, -0.2) is 0 Å². The van der Waals surface area contributed by atoms with Crippen molar-refractivity contribution in [2.75, 3.05) is 0 Å². The van der Waals surface area contributed by atoms with Gasteiger partial charge in [-0.1, -0.05) is 24.8 Å². The van der Waals surface area contributed by atoms with Crippen LogP contribution in [0.25, 0.3) is 0 Å². The van der Waals surface area contributed by atoms with Gasteiger partial charge >= 0.3 is 0 Å². The zero-order chi connectivity index (χ0) is 11.3. The standard InChI is InChI=1S/C13H18O/c1-9(2)7-10(3)13(6)11(4)8-12(5)14/h7-8H,1,6H2,2-5H3/b10-7-,11-8-. The molecule has 0 atom stereocenters. The fourth-order valence-corrected chi connectivity index (χ4v) is 1.16. The summed E-state index contributed by atoms with van der Waals surface area (Å²) in [6.45, 7) is 15.0. The van der Waals surface area contributed by atoms with Crippen molar-refractivity contribution in [3.8, 4) is 0 Å². The number of ketones is 1. The van der Waals surface area contributed by atoms with Gasteiger partial charge in [-0.05, 0) is 50.5 Å². The number of rotatable bonds is 4. The molecule has 0 aliphatic rings. The topological polar surface area (TPSA) is 17.1 Å². The Labute approximate surface area is 86.5 Å². The normalized spacial score (nSPS) is 12.6. The van der Waals surface area contributed by atoms with Crippen molar-refractivity contribution in [2.45, 2.75) is 27.7 Å². The van der Waals surface area contributed by atoms with Gasteiger partial charge in [-0.2, -0.15) is 0 Å². The van der Waals surface area contributed by atoms with Crippen LogP contribution >= 0.6 is 0 Å². The zero-order valence-electron chi connectivity index (χ0n) is 9.48. The van der Waals surface area contributed by atoms with Gasteiger partial charge in [0.05, 0.1) is 0 Å². The molecule has 0 saturated heterocycles. The van der Waals surface area contributed by atoms with Crippen LogP contribution in [0.15, 0.2) is 47.6 Å². The molecular formula is C13H18O. The second kappa shape index (κ2) is 5.38. The summed E-state index contributed by atoms with van der Waals surface area (Å²) in [5.74, 6) is 0.0479. The lowest BCUT2D eigenvalue weighted by Crippen LogP contribution is -1.91. The van der Waals surface area contributed by atoms with E-state index in [2.05, 4.69) is 13.2 Å². The fourth-order valence-electron chi connectivity index (χ4n) is 1.16. The van der Waals surface area contributed by atoms with E-state index in [0.29, 0.717) is 0 Å². The van der Waals surface area contributed by atoms with Gasteiger partial charge < -0.3 is 0 Å². The third kappa shape index (κ3) is 4.61. The van der Waals surface area contributed by atoms with Gasteiger partial charge in [0.1, 0.15) is 0 Å². The number of allylic oxidation sites excluding steroid dienone is 6. The van der Waals surface area contributed by atoms with E-state index in [1.807, 2.05) is 26.8 Å². The minimum Gasteiger partial charge on any atom is -0.295 e. The van der Waals surface area contributed by atoms with Crippen LogP contribution in [0.5, 0.6) is 0 Å². The van der Waals surface area contributed by atoms with Crippen LogP contribution in [0.3, 0.4) is 0 Å². The molecule has 0 aromatic carbocycles. The van der Waals surface area contributed by atoms with Gasteiger partial charge in [-0.15, -0.1) is 0 Å². The van der Waals surface area contributed by atoms with Gasteiger partial charge in [0.25, 0.3) is 0 Å². The summed E-state index contributed by atoms with van der Waals surface area (Å²) in [7, 11) is 0. The van der Waals surface area contributed by atoms with E-state index >= 15 is 0 Å². The highest BCUT2D eigenvalue weighted by Crippen LogP contribution is 2.17. The SMILES string of the molecule is C=C(C)/C=C(/C)C(=C)/C(C)=C\C(C)=O. The van der Waals surface area contributed by atoms with E-state index in [0.717, 1.165) is 22.3 Å². The maximum atomic E-state index is 10.8. The Morgan fingerprint density at radius 3 is 1.71 bits per heavy atom. The first-order valence-electron chi connectivity index (χ1n) is 4.57. The highest BCUT2D eigenvalue weighted by Gasteiger charge is 2.00. The number of hydrogen-bond donors (Lipinski definition) is 0. The molecule has 0 N–H and O–H groups in total. The maximum absolute atomic E-state index is 10.8. The molecule has 1 heteroatoms. The molecule has 0 spiro atoms. The molecule has 0 aromatic heterocycles. The molecule has 0 bridgehead atoms. The minimum absolute atomic E-state index is 0.0479. The van der Waals surface area contributed by atoms with E-state index in [9.17, 15) is 4.79 Å². The van der Waals surface area contributed by atoms with Crippen LogP contribution in [-0.4, -0.2) is 5.78 Å². The molecule has 0 amide bonds.